The standard InChI is InChI=1S/C12H11N3O3S/c1-6-4-3-5-13-9(6)10(16)14-11-8(12(17)18)7(2)15-19-11/h3-5H,1-2H3,(H,14,16)(H,17,18). The van der Waals surface area contributed by atoms with E-state index in [2.05, 4.69) is 14.7 Å². The molecule has 2 rings (SSSR count). The van der Waals surface area contributed by atoms with Gasteiger partial charge < -0.3 is 10.4 Å². The maximum atomic E-state index is 12.0. The summed E-state index contributed by atoms with van der Waals surface area (Å²) < 4.78 is 3.93. The highest BCUT2D eigenvalue weighted by atomic mass is 32.1. The molecule has 0 bridgehead atoms. The molecule has 2 heterocycles. The molecule has 0 spiro atoms. The van der Waals surface area contributed by atoms with Crippen LogP contribution in [0.2, 0.25) is 0 Å². The maximum absolute atomic E-state index is 12.0. The summed E-state index contributed by atoms with van der Waals surface area (Å²) in [4.78, 5) is 27.1. The van der Waals surface area contributed by atoms with Crippen LogP contribution in [-0.4, -0.2) is 26.3 Å². The van der Waals surface area contributed by atoms with Crippen molar-refractivity contribution in [3.8, 4) is 0 Å². The first-order chi connectivity index (χ1) is 9.00. The van der Waals surface area contributed by atoms with E-state index in [4.69, 9.17) is 5.11 Å². The number of carbonyl (C=O) groups excluding carboxylic acids is 1. The fourth-order valence-corrected chi connectivity index (χ4v) is 2.38. The minimum Gasteiger partial charge on any atom is -0.478 e. The van der Waals surface area contributed by atoms with Crippen molar-refractivity contribution in [2.75, 3.05) is 5.32 Å². The lowest BCUT2D eigenvalue weighted by Crippen LogP contribution is -2.16. The highest BCUT2D eigenvalue weighted by Gasteiger charge is 2.20. The normalized spacial score (nSPS) is 10.2. The predicted octanol–water partition coefficient (Wildman–Crippen LogP) is 2.11. The van der Waals surface area contributed by atoms with Crippen molar-refractivity contribution < 1.29 is 14.7 Å². The Bertz CT molecular complexity index is 651. The lowest BCUT2D eigenvalue weighted by Gasteiger charge is -2.05. The molecule has 0 fully saturated rings. The molecule has 7 heteroatoms. The van der Waals surface area contributed by atoms with E-state index >= 15 is 0 Å². The monoisotopic (exact) mass is 277 g/mol. The molecule has 0 saturated carbocycles. The lowest BCUT2D eigenvalue weighted by molar-refractivity contribution is 0.0697. The zero-order valence-corrected chi connectivity index (χ0v) is 11.1. The summed E-state index contributed by atoms with van der Waals surface area (Å²) in [6, 6.07) is 3.49. The van der Waals surface area contributed by atoms with Gasteiger partial charge >= 0.3 is 5.97 Å². The lowest BCUT2D eigenvalue weighted by atomic mass is 10.2. The number of rotatable bonds is 3. The smallest absolute Gasteiger partial charge is 0.340 e. The molecule has 0 aromatic carbocycles. The third-order valence-corrected chi connectivity index (χ3v) is 3.38. The summed E-state index contributed by atoms with van der Waals surface area (Å²) in [7, 11) is 0. The van der Waals surface area contributed by atoms with Crippen molar-refractivity contribution in [2.24, 2.45) is 0 Å². The van der Waals surface area contributed by atoms with E-state index in [-0.39, 0.29) is 16.3 Å². The van der Waals surface area contributed by atoms with Gasteiger partial charge in [-0.3, -0.25) is 9.78 Å². The van der Waals surface area contributed by atoms with Gasteiger partial charge in [0.25, 0.3) is 5.91 Å². The SMILES string of the molecule is Cc1cccnc1C(=O)Nc1snc(C)c1C(=O)O. The number of pyridine rings is 1. The molecule has 2 N–H and O–H groups in total. The minimum absolute atomic E-state index is 0.0203. The number of aromatic nitrogens is 2. The van der Waals surface area contributed by atoms with Gasteiger partial charge in [-0.2, -0.15) is 4.37 Å². The molecule has 0 unspecified atom stereocenters. The number of carboxylic acid groups (broad SMARTS) is 1. The summed E-state index contributed by atoms with van der Waals surface area (Å²) in [6.07, 6.45) is 1.51. The molecule has 0 atom stereocenters. The molecule has 0 aliphatic heterocycles. The highest BCUT2D eigenvalue weighted by molar-refractivity contribution is 7.11. The van der Waals surface area contributed by atoms with Gasteiger partial charge in [-0.1, -0.05) is 6.07 Å². The van der Waals surface area contributed by atoms with Crippen LogP contribution in [-0.2, 0) is 0 Å². The summed E-state index contributed by atoms with van der Waals surface area (Å²) >= 11 is 0.943. The second-order valence-electron chi connectivity index (χ2n) is 3.90. The second-order valence-corrected chi connectivity index (χ2v) is 4.67. The summed E-state index contributed by atoms with van der Waals surface area (Å²) in [6.45, 7) is 3.35. The molecule has 98 valence electrons. The van der Waals surface area contributed by atoms with Crippen molar-refractivity contribution in [3.63, 3.8) is 0 Å². The number of carboxylic acids is 1. The number of anilines is 1. The molecule has 19 heavy (non-hydrogen) atoms. The van der Waals surface area contributed by atoms with Crippen molar-refractivity contribution >= 4 is 28.4 Å². The maximum Gasteiger partial charge on any atom is 0.340 e. The number of carbonyl (C=O) groups is 2. The number of hydrogen-bond acceptors (Lipinski definition) is 5. The van der Waals surface area contributed by atoms with Gasteiger partial charge in [-0.15, -0.1) is 0 Å². The predicted molar refractivity (Wildman–Crippen MR) is 70.7 cm³/mol. The zero-order valence-electron chi connectivity index (χ0n) is 10.3. The van der Waals surface area contributed by atoms with Crippen LogP contribution in [0.3, 0.4) is 0 Å². The third-order valence-electron chi connectivity index (χ3n) is 2.53. The van der Waals surface area contributed by atoms with Gasteiger partial charge in [-0.05, 0) is 37.0 Å². The topological polar surface area (TPSA) is 92.2 Å². The molecule has 0 saturated heterocycles. The fraction of sp³-hybridized carbons (Fsp3) is 0.167. The number of aryl methyl sites for hydroxylation is 2. The van der Waals surface area contributed by atoms with Gasteiger partial charge in [0, 0.05) is 6.20 Å². The van der Waals surface area contributed by atoms with Crippen molar-refractivity contribution in [1.29, 1.82) is 0 Å². The Morgan fingerprint density at radius 3 is 2.74 bits per heavy atom. The van der Waals surface area contributed by atoms with E-state index in [0.29, 0.717) is 5.69 Å². The molecule has 0 aliphatic carbocycles. The van der Waals surface area contributed by atoms with Crippen LogP contribution in [0.1, 0.15) is 32.1 Å². The molecule has 6 nitrogen and oxygen atoms in total. The number of nitrogens with zero attached hydrogens (tertiary/aromatic N) is 2. The number of amides is 1. The molecule has 2 aromatic heterocycles. The van der Waals surface area contributed by atoms with Crippen molar-refractivity contribution in [2.45, 2.75) is 13.8 Å². The zero-order chi connectivity index (χ0) is 14.0. The van der Waals surface area contributed by atoms with E-state index in [1.54, 1.807) is 26.0 Å². The number of nitrogens with one attached hydrogen (secondary N) is 1. The fourth-order valence-electron chi connectivity index (χ4n) is 1.59. The first kappa shape index (κ1) is 13.2. The van der Waals surface area contributed by atoms with Crippen LogP contribution in [0.5, 0.6) is 0 Å². The molecule has 2 aromatic rings. The van der Waals surface area contributed by atoms with E-state index in [0.717, 1.165) is 17.1 Å². The van der Waals surface area contributed by atoms with Crippen LogP contribution in [0, 0.1) is 13.8 Å². The van der Waals surface area contributed by atoms with Crippen LogP contribution in [0.25, 0.3) is 0 Å². The van der Waals surface area contributed by atoms with Crippen LogP contribution in [0.15, 0.2) is 18.3 Å². The van der Waals surface area contributed by atoms with E-state index in [1.165, 1.54) is 6.20 Å². The van der Waals surface area contributed by atoms with Gasteiger partial charge in [0.05, 0.1) is 5.69 Å². The number of hydrogen-bond donors (Lipinski definition) is 2. The van der Waals surface area contributed by atoms with Crippen molar-refractivity contribution in [1.82, 2.24) is 9.36 Å². The Morgan fingerprint density at radius 1 is 1.37 bits per heavy atom. The van der Waals surface area contributed by atoms with E-state index in [1.807, 2.05) is 0 Å². The van der Waals surface area contributed by atoms with Crippen LogP contribution < -0.4 is 5.32 Å². The van der Waals surface area contributed by atoms with Crippen LogP contribution >= 0.6 is 11.5 Å². The largest absolute Gasteiger partial charge is 0.478 e. The van der Waals surface area contributed by atoms with E-state index in [9.17, 15) is 9.59 Å². The number of aromatic carboxylic acids is 1. The molecule has 1 amide bonds. The Hall–Kier alpha value is -2.28. The second kappa shape index (κ2) is 5.15. The van der Waals surface area contributed by atoms with Gasteiger partial charge in [-0.25, -0.2) is 4.79 Å². The first-order valence-corrected chi connectivity index (χ1v) is 6.20. The Morgan fingerprint density at radius 2 is 2.11 bits per heavy atom. The van der Waals surface area contributed by atoms with Gasteiger partial charge in [0.15, 0.2) is 0 Å². The Kier molecular flexibility index (Phi) is 3.57. The van der Waals surface area contributed by atoms with Gasteiger partial charge in [0.1, 0.15) is 16.3 Å². The third kappa shape index (κ3) is 2.60. The Labute approximate surface area is 113 Å². The minimum atomic E-state index is -1.11. The quantitative estimate of drug-likeness (QED) is 0.896. The molecule has 0 radical (unpaired) electrons. The van der Waals surface area contributed by atoms with Crippen molar-refractivity contribution in [3.05, 3.63) is 40.8 Å². The first-order valence-electron chi connectivity index (χ1n) is 5.43. The average Bonchev–Trinajstić information content (AvgIpc) is 2.70. The molecule has 0 aliphatic rings. The Balaban J connectivity index is 2.30. The summed E-state index contributed by atoms with van der Waals surface area (Å²) in [5, 5.41) is 11.8. The summed E-state index contributed by atoms with van der Waals surface area (Å²) in [5.74, 6) is -1.55. The molecular weight excluding hydrogens is 266 g/mol. The van der Waals surface area contributed by atoms with Crippen LogP contribution in [0.4, 0.5) is 5.00 Å². The summed E-state index contributed by atoms with van der Waals surface area (Å²) in [5.41, 5.74) is 1.39. The highest BCUT2D eigenvalue weighted by Crippen LogP contribution is 2.25. The van der Waals surface area contributed by atoms with E-state index < -0.39 is 11.9 Å². The van der Waals surface area contributed by atoms with Gasteiger partial charge in [0.2, 0.25) is 0 Å². The average molecular weight is 277 g/mol. The molecular formula is C12H11N3O3S.